The van der Waals surface area contributed by atoms with Crippen LogP contribution in [0, 0.1) is 23.7 Å². The van der Waals surface area contributed by atoms with Crippen LogP contribution < -0.4 is 0 Å². The summed E-state index contributed by atoms with van der Waals surface area (Å²) in [5.74, 6) is 10.6. The van der Waals surface area contributed by atoms with E-state index >= 15 is 0 Å². The van der Waals surface area contributed by atoms with Crippen LogP contribution in [0.15, 0.2) is 36.5 Å². The molecule has 0 fully saturated rings. The van der Waals surface area contributed by atoms with Gasteiger partial charge in [-0.15, -0.1) is 0 Å². The third-order valence-electron chi connectivity index (χ3n) is 2.54. The molecule has 0 aliphatic carbocycles. The van der Waals surface area contributed by atoms with Crippen molar-refractivity contribution in [1.82, 2.24) is 0 Å². The predicted octanol–water partition coefficient (Wildman–Crippen LogP) is 3.17. The van der Waals surface area contributed by atoms with Crippen LogP contribution in [0.25, 0.3) is 0 Å². The first-order chi connectivity index (χ1) is 10.7. The molecule has 0 spiro atoms. The zero-order valence-electron chi connectivity index (χ0n) is 13.3. The van der Waals surface area contributed by atoms with E-state index in [1.54, 1.807) is 18.2 Å². The van der Waals surface area contributed by atoms with Crippen molar-refractivity contribution in [1.29, 1.82) is 0 Å². The Morgan fingerprint density at radius 1 is 1.14 bits per heavy atom. The van der Waals surface area contributed by atoms with Gasteiger partial charge in [-0.05, 0) is 43.3 Å². The Kier molecular flexibility index (Phi) is 13.6. The number of allylic oxidation sites excluding steroid dienone is 5. The normalized spacial score (nSPS) is 12.0. The molecule has 118 valence electrons. The quantitative estimate of drug-likeness (QED) is 0.425. The van der Waals surface area contributed by atoms with Crippen molar-refractivity contribution in [2.24, 2.45) is 0 Å². The predicted molar refractivity (Wildman–Crippen MR) is 89.8 cm³/mol. The Bertz CT molecular complexity index is 504. The number of ether oxygens (including phenoxy) is 1. The first-order valence-corrected chi connectivity index (χ1v) is 7.46. The molecule has 0 aromatic heterocycles. The maximum absolute atomic E-state index is 11.0. The van der Waals surface area contributed by atoms with Gasteiger partial charge in [0.15, 0.2) is 0 Å². The van der Waals surface area contributed by atoms with Gasteiger partial charge in [-0.3, -0.25) is 4.79 Å². The molecule has 0 radical (unpaired) electrons. The monoisotopic (exact) mass is 300 g/mol. The number of hydrogen-bond donors (Lipinski definition) is 1. The van der Waals surface area contributed by atoms with E-state index < -0.39 is 0 Å². The largest absolute Gasteiger partial charge is 0.463 e. The van der Waals surface area contributed by atoms with Crippen LogP contribution in [0.3, 0.4) is 0 Å². The van der Waals surface area contributed by atoms with E-state index in [2.05, 4.69) is 30.6 Å². The third-order valence-corrected chi connectivity index (χ3v) is 2.54. The maximum Gasteiger partial charge on any atom is 0.302 e. The number of carbonyl (C=O) groups is 1. The van der Waals surface area contributed by atoms with Crippen LogP contribution in [0.1, 0.15) is 39.5 Å². The van der Waals surface area contributed by atoms with Crippen molar-refractivity contribution in [2.75, 3.05) is 6.61 Å². The highest BCUT2D eigenvalue weighted by Gasteiger charge is 2.09. The lowest BCUT2D eigenvalue weighted by Gasteiger charge is -2.14. The topological polar surface area (TPSA) is 46.5 Å². The fourth-order valence-corrected chi connectivity index (χ4v) is 1.65. The highest BCUT2D eigenvalue weighted by Crippen LogP contribution is 2.10. The minimum absolute atomic E-state index is 0.0105. The second-order valence-electron chi connectivity index (χ2n) is 4.51. The number of aliphatic hydroxyl groups excluding tert-OH is 1. The van der Waals surface area contributed by atoms with Crippen LogP contribution in [0.4, 0.5) is 0 Å². The van der Waals surface area contributed by atoms with Crippen LogP contribution in [0.2, 0.25) is 0 Å². The van der Waals surface area contributed by atoms with Crippen molar-refractivity contribution < 1.29 is 14.6 Å². The fraction of sp³-hybridized carbons (Fsp3) is 0.421. The second kappa shape index (κ2) is 15.2. The number of rotatable bonds is 8. The molecule has 0 aromatic carbocycles. The lowest BCUT2D eigenvalue weighted by Crippen LogP contribution is -2.15. The van der Waals surface area contributed by atoms with E-state index in [-0.39, 0.29) is 18.7 Å². The Morgan fingerprint density at radius 3 is 2.50 bits per heavy atom. The van der Waals surface area contributed by atoms with Gasteiger partial charge in [0.25, 0.3) is 0 Å². The summed E-state index contributed by atoms with van der Waals surface area (Å²) >= 11 is 0. The lowest BCUT2D eigenvalue weighted by atomic mass is 10.1. The van der Waals surface area contributed by atoms with Gasteiger partial charge in [0, 0.05) is 6.92 Å². The van der Waals surface area contributed by atoms with Gasteiger partial charge in [0.05, 0.1) is 6.61 Å². The Labute approximate surface area is 133 Å². The van der Waals surface area contributed by atoms with Crippen molar-refractivity contribution in [3.63, 3.8) is 0 Å². The minimum atomic E-state index is -0.215. The highest BCUT2D eigenvalue weighted by molar-refractivity contribution is 5.66. The van der Waals surface area contributed by atoms with E-state index in [0.29, 0.717) is 0 Å². The van der Waals surface area contributed by atoms with E-state index in [1.165, 1.54) is 6.92 Å². The molecule has 0 amide bonds. The molecule has 1 N–H and O–H groups in total. The van der Waals surface area contributed by atoms with Gasteiger partial charge in [-0.25, -0.2) is 0 Å². The lowest BCUT2D eigenvalue weighted by molar-refractivity contribution is -0.146. The molecule has 1 unspecified atom stereocenters. The first kappa shape index (κ1) is 19.8. The average molecular weight is 300 g/mol. The fourth-order valence-electron chi connectivity index (χ4n) is 1.65. The number of hydrogen-bond acceptors (Lipinski definition) is 3. The molecule has 0 aliphatic rings. The van der Waals surface area contributed by atoms with E-state index in [0.717, 1.165) is 25.7 Å². The van der Waals surface area contributed by atoms with E-state index in [1.807, 2.05) is 18.2 Å². The van der Waals surface area contributed by atoms with Crippen molar-refractivity contribution in [2.45, 2.75) is 45.6 Å². The molecule has 1 atom stereocenters. The molecule has 0 rings (SSSR count). The molecule has 22 heavy (non-hydrogen) atoms. The molecule has 0 aromatic rings. The van der Waals surface area contributed by atoms with Crippen LogP contribution in [0.5, 0.6) is 0 Å². The summed E-state index contributed by atoms with van der Waals surface area (Å²) in [4.78, 5) is 11.0. The Balaban J connectivity index is 3.99. The number of aliphatic hydroxyl groups is 1. The summed E-state index contributed by atoms with van der Waals surface area (Å²) in [7, 11) is 0. The smallest absolute Gasteiger partial charge is 0.302 e. The van der Waals surface area contributed by atoms with Crippen molar-refractivity contribution in [3.05, 3.63) is 36.5 Å². The zero-order chi connectivity index (χ0) is 16.5. The molecule has 0 heterocycles. The van der Waals surface area contributed by atoms with Gasteiger partial charge in [0.2, 0.25) is 0 Å². The maximum atomic E-state index is 11.0. The average Bonchev–Trinajstić information content (AvgIpc) is 2.48. The van der Waals surface area contributed by atoms with Crippen molar-refractivity contribution in [3.8, 4) is 23.7 Å². The Morgan fingerprint density at radius 2 is 1.86 bits per heavy atom. The molecule has 3 heteroatoms. The van der Waals surface area contributed by atoms with Crippen molar-refractivity contribution >= 4 is 5.97 Å². The van der Waals surface area contributed by atoms with E-state index in [9.17, 15) is 4.79 Å². The van der Waals surface area contributed by atoms with Gasteiger partial charge in [-0.2, -0.15) is 0 Å². The summed E-state index contributed by atoms with van der Waals surface area (Å²) in [5.41, 5.74) is 0. The molecule has 3 nitrogen and oxygen atoms in total. The summed E-state index contributed by atoms with van der Waals surface area (Å²) in [6.45, 7) is 3.52. The minimum Gasteiger partial charge on any atom is -0.463 e. The number of esters is 1. The van der Waals surface area contributed by atoms with Gasteiger partial charge in [-0.1, -0.05) is 49.5 Å². The molecular weight excluding hydrogens is 276 g/mol. The third kappa shape index (κ3) is 14.2. The van der Waals surface area contributed by atoms with Crippen LogP contribution in [-0.2, 0) is 9.53 Å². The molecule has 0 saturated heterocycles. The molecule has 0 aliphatic heterocycles. The van der Waals surface area contributed by atoms with Gasteiger partial charge >= 0.3 is 5.97 Å². The van der Waals surface area contributed by atoms with Crippen LogP contribution in [-0.4, -0.2) is 23.8 Å². The summed E-state index contributed by atoms with van der Waals surface area (Å²) in [6, 6.07) is 0. The number of carbonyl (C=O) groups excluding carboxylic acids is 1. The Hall–Kier alpha value is -2.23. The zero-order valence-corrected chi connectivity index (χ0v) is 13.3. The van der Waals surface area contributed by atoms with Crippen LogP contribution >= 0.6 is 0 Å². The summed E-state index contributed by atoms with van der Waals surface area (Å²) in [6.07, 6.45) is 14.2. The standard InChI is InChI=1S/C19H24O3/c1-3-15-19(22-18(2)21)16-13-11-9-7-5-4-6-8-10-12-14-17-20/h5,7,9,11-12,14,19-20H,3,13,15-17H2,1-2H3. The van der Waals surface area contributed by atoms with Gasteiger partial charge in [0.1, 0.15) is 6.10 Å². The summed E-state index contributed by atoms with van der Waals surface area (Å²) < 4.78 is 5.24. The molecule has 0 saturated carbocycles. The highest BCUT2D eigenvalue weighted by atomic mass is 16.5. The second-order valence-corrected chi connectivity index (χ2v) is 4.51. The first-order valence-electron chi connectivity index (χ1n) is 7.46. The van der Waals surface area contributed by atoms with Gasteiger partial charge < -0.3 is 9.84 Å². The SMILES string of the molecule is CCCC(CCC=CC=CC#CC#CC=CCO)OC(C)=O. The summed E-state index contributed by atoms with van der Waals surface area (Å²) in [5, 5.41) is 8.48. The van der Waals surface area contributed by atoms with E-state index in [4.69, 9.17) is 9.84 Å². The molecule has 0 bridgehead atoms. The molecular formula is C19H24O3.